The van der Waals surface area contributed by atoms with Crippen LogP contribution in [0.15, 0.2) is 0 Å². The van der Waals surface area contributed by atoms with Crippen LogP contribution in [0.4, 0.5) is 8.78 Å². The minimum absolute atomic E-state index is 0.148. The summed E-state index contributed by atoms with van der Waals surface area (Å²) >= 11 is 0. The predicted octanol–water partition coefficient (Wildman–Crippen LogP) is 2.15. The second kappa shape index (κ2) is 4.96. The SMILES string of the molecule is CC(C)C1C[C@H](C)CN(S(=O)(=O)C(F)F)C1. The Morgan fingerprint density at radius 3 is 2.25 bits per heavy atom. The van der Waals surface area contributed by atoms with Gasteiger partial charge < -0.3 is 0 Å². The van der Waals surface area contributed by atoms with E-state index in [0.29, 0.717) is 5.92 Å². The Labute approximate surface area is 95.9 Å². The summed E-state index contributed by atoms with van der Waals surface area (Å²) < 4.78 is 48.6. The van der Waals surface area contributed by atoms with E-state index in [9.17, 15) is 17.2 Å². The van der Waals surface area contributed by atoms with Crippen LogP contribution in [0.2, 0.25) is 0 Å². The Bertz CT molecular complexity index is 330. The molecule has 1 aliphatic heterocycles. The topological polar surface area (TPSA) is 37.4 Å². The third-order valence-corrected chi connectivity index (χ3v) is 4.65. The number of nitrogens with zero attached hydrogens (tertiary/aromatic N) is 1. The van der Waals surface area contributed by atoms with Crippen molar-refractivity contribution < 1.29 is 17.2 Å². The van der Waals surface area contributed by atoms with Gasteiger partial charge in [-0.25, -0.2) is 8.42 Å². The molecular weight excluding hydrogens is 236 g/mol. The van der Waals surface area contributed by atoms with Gasteiger partial charge in [-0.05, 0) is 24.2 Å². The Kier molecular flexibility index (Phi) is 4.29. The highest BCUT2D eigenvalue weighted by molar-refractivity contribution is 7.89. The van der Waals surface area contributed by atoms with E-state index in [4.69, 9.17) is 0 Å². The third-order valence-electron chi connectivity index (χ3n) is 3.19. The first-order chi connectivity index (χ1) is 7.25. The summed E-state index contributed by atoms with van der Waals surface area (Å²) in [5.41, 5.74) is 0. The second-order valence-electron chi connectivity index (χ2n) is 4.97. The number of rotatable bonds is 3. The molecule has 3 nitrogen and oxygen atoms in total. The number of halogens is 2. The molecule has 2 atom stereocenters. The molecule has 0 aromatic rings. The quantitative estimate of drug-likeness (QED) is 0.775. The number of hydrogen-bond donors (Lipinski definition) is 0. The van der Waals surface area contributed by atoms with Gasteiger partial charge in [0.2, 0.25) is 0 Å². The van der Waals surface area contributed by atoms with Crippen molar-refractivity contribution in [3.63, 3.8) is 0 Å². The molecule has 1 fully saturated rings. The van der Waals surface area contributed by atoms with Gasteiger partial charge in [0.15, 0.2) is 0 Å². The van der Waals surface area contributed by atoms with E-state index in [0.717, 1.165) is 10.7 Å². The molecule has 0 bridgehead atoms. The summed E-state index contributed by atoms with van der Waals surface area (Å²) in [6.07, 6.45) is 0.910. The monoisotopic (exact) mass is 255 g/mol. The van der Waals surface area contributed by atoms with Crippen molar-refractivity contribution >= 4 is 10.0 Å². The lowest BCUT2D eigenvalue weighted by Crippen LogP contribution is -2.46. The molecule has 1 aliphatic rings. The van der Waals surface area contributed by atoms with Crippen LogP contribution in [0, 0.1) is 17.8 Å². The molecule has 0 saturated carbocycles. The summed E-state index contributed by atoms with van der Waals surface area (Å²) in [6, 6.07) is 0. The number of alkyl halides is 2. The molecule has 0 amide bonds. The second-order valence-corrected chi connectivity index (χ2v) is 6.87. The number of piperidine rings is 1. The van der Waals surface area contributed by atoms with Crippen molar-refractivity contribution in [1.29, 1.82) is 0 Å². The van der Waals surface area contributed by atoms with E-state index < -0.39 is 15.8 Å². The van der Waals surface area contributed by atoms with Crippen LogP contribution in [0.25, 0.3) is 0 Å². The Balaban J connectivity index is 2.83. The van der Waals surface area contributed by atoms with Gasteiger partial charge >= 0.3 is 5.76 Å². The van der Waals surface area contributed by atoms with Crippen LogP contribution < -0.4 is 0 Å². The molecule has 1 unspecified atom stereocenters. The summed E-state index contributed by atoms with van der Waals surface area (Å²) in [6.45, 7) is 6.35. The molecule has 0 aromatic heterocycles. The van der Waals surface area contributed by atoms with E-state index >= 15 is 0 Å². The van der Waals surface area contributed by atoms with Gasteiger partial charge in [0.25, 0.3) is 10.0 Å². The van der Waals surface area contributed by atoms with Crippen molar-refractivity contribution in [2.24, 2.45) is 17.8 Å². The predicted molar refractivity (Wildman–Crippen MR) is 58.6 cm³/mol. The number of hydrogen-bond acceptors (Lipinski definition) is 2. The molecule has 0 aliphatic carbocycles. The van der Waals surface area contributed by atoms with Gasteiger partial charge in [0.1, 0.15) is 0 Å². The van der Waals surface area contributed by atoms with Crippen LogP contribution in [-0.4, -0.2) is 31.6 Å². The molecule has 1 saturated heterocycles. The molecule has 6 heteroatoms. The average Bonchev–Trinajstić information content (AvgIpc) is 2.16. The first-order valence-electron chi connectivity index (χ1n) is 5.52. The Morgan fingerprint density at radius 1 is 1.25 bits per heavy atom. The average molecular weight is 255 g/mol. The lowest BCUT2D eigenvalue weighted by Gasteiger charge is -2.37. The fourth-order valence-electron chi connectivity index (χ4n) is 2.15. The smallest absolute Gasteiger partial charge is 0.206 e. The van der Waals surface area contributed by atoms with Crippen LogP contribution in [0.1, 0.15) is 27.2 Å². The minimum atomic E-state index is -4.40. The fraction of sp³-hybridized carbons (Fsp3) is 1.00. The van der Waals surface area contributed by atoms with Crippen LogP contribution in [-0.2, 0) is 10.0 Å². The first kappa shape index (κ1) is 13.8. The highest BCUT2D eigenvalue weighted by atomic mass is 32.2. The molecule has 0 spiro atoms. The van der Waals surface area contributed by atoms with E-state index in [2.05, 4.69) is 0 Å². The van der Waals surface area contributed by atoms with Crippen molar-refractivity contribution in [3.8, 4) is 0 Å². The molecule has 1 rings (SSSR count). The van der Waals surface area contributed by atoms with Crippen LogP contribution in [0.3, 0.4) is 0 Å². The van der Waals surface area contributed by atoms with E-state index in [1.54, 1.807) is 0 Å². The Morgan fingerprint density at radius 2 is 1.81 bits per heavy atom. The van der Waals surface area contributed by atoms with E-state index in [1.807, 2.05) is 20.8 Å². The fourth-order valence-corrected chi connectivity index (χ4v) is 3.24. The first-order valence-corrected chi connectivity index (χ1v) is 7.02. The van der Waals surface area contributed by atoms with Crippen molar-refractivity contribution in [1.82, 2.24) is 4.31 Å². The maximum Gasteiger partial charge on any atom is 0.350 e. The molecule has 0 N–H and O–H groups in total. The number of sulfonamides is 1. The highest BCUT2D eigenvalue weighted by Gasteiger charge is 2.38. The van der Waals surface area contributed by atoms with Gasteiger partial charge in [-0.3, -0.25) is 0 Å². The molecule has 0 aromatic carbocycles. The van der Waals surface area contributed by atoms with E-state index in [1.165, 1.54) is 0 Å². The normalized spacial score (nSPS) is 28.9. The van der Waals surface area contributed by atoms with Gasteiger partial charge in [-0.15, -0.1) is 0 Å². The zero-order chi connectivity index (χ0) is 12.5. The molecule has 0 radical (unpaired) electrons. The van der Waals surface area contributed by atoms with Gasteiger partial charge in [-0.2, -0.15) is 13.1 Å². The lowest BCUT2D eigenvalue weighted by molar-refractivity contribution is 0.154. The van der Waals surface area contributed by atoms with Crippen LogP contribution in [0.5, 0.6) is 0 Å². The summed E-state index contributed by atoms with van der Waals surface area (Å²) in [4.78, 5) is 0. The molecule has 16 heavy (non-hydrogen) atoms. The summed E-state index contributed by atoms with van der Waals surface area (Å²) in [5.74, 6) is -2.66. The van der Waals surface area contributed by atoms with Crippen molar-refractivity contribution in [3.05, 3.63) is 0 Å². The zero-order valence-corrected chi connectivity index (χ0v) is 10.7. The third kappa shape index (κ3) is 2.91. The Hall–Kier alpha value is -0.230. The summed E-state index contributed by atoms with van der Waals surface area (Å²) in [5, 5.41) is 0. The standard InChI is InChI=1S/C10H19F2NO2S/c1-7(2)9-4-8(3)5-13(6-9)16(14,15)10(11)12/h7-10H,4-6H2,1-3H3/t8-,9?/m0/s1. The van der Waals surface area contributed by atoms with Crippen molar-refractivity contribution in [2.45, 2.75) is 32.9 Å². The van der Waals surface area contributed by atoms with Crippen molar-refractivity contribution in [2.75, 3.05) is 13.1 Å². The highest BCUT2D eigenvalue weighted by Crippen LogP contribution is 2.30. The maximum atomic E-state index is 12.4. The maximum absolute atomic E-state index is 12.4. The molecule has 96 valence electrons. The summed E-state index contributed by atoms with van der Waals surface area (Å²) in [7, 11) is -4.40. The molecule has 1 heterocycles. The lowest BCUT2D eigenvalue weighted by atomic mass is 9.84. The largest absolute Gasteiger partial charge is 0.350 e. The minimum Gasteiger partial charge on any atom is -0.206 e. The van der Waals surface area contributed by atoms with Gasteiger partial charge in [0.05, 0.1) is 0 Å². The van der Waals surface area contributed by atoms with Crippen LogP contribution >= 0.6 is 0 Å². The van der Waals surface area contributed by atoms with Gasteiger partial charge in [0, 0.05) is 13.1 Å². The zero-order valence-electron chi connectivity index (χ0n) is 9.86. The van der Waals surface area contributed by atoms with Gasteiger partial charge in [-0.1, -0.05) is 20.8 Å². The van der Waals surface area contributed by atoms with E-state index in [-0.39, 0.29) is 24.9 Å². The molecular formula is C10H19F2NO2S.